The third kappa shape index (κ3) is 5.49. The number of nitrogens with zero attached hydrogens (tertiary/aromatic N) is 1. The van der Waals surface area contributed by atoms with Crippen LogP contribution >= 0.6 is 0 Å². The van der Waals surface area contributed by atoms with Crippen LogP contribution in [0.15, 0.2) is 0 Å². The summed E-state index contributed by atoms with van der Waals surface area (Å²) in [5, 5.41) is 6.51. The molecule has 0 aliphatic carbocycles. The third-order valence-electron chi connectivity index (χ3n) is 4.22. The summed E-state index contributed by atoms with van der Waals surface area (Å²) in [5.74, 6) is 0.675. The molecular weight excluding hydrogens is 238 g/mol. The van der Waals surface area contributed by atoms with Gasteiger partial charge < -0.3 is 15.5 Å². The molecule has 112 valence electrons. The van der Waals surface area contributed by atoms with Crippen LogP contribution in [0, 0.1) is 11.3 Å². The Bertz CT molecular complexity index is 271. The van der Waals surface area contributed by atoms with Gasteiger partial charge in [0.15, 0.2) is 0 Å². The van der Waals surface area contributed by atoms with Crippen molar-refractivity contribution < 1.29 is 4.79 Å². The van der Waals surface area contributed by atoms with E-state index in [1.165, 1.54) is 6.42 Å². The highest BCUT2D eigenvalue weighted by molar-refractivity contribution is 5.82. The number of unbranched alkanes of at least 4 members (excludes halogenated alkanes) is 1. The fourth-order valence-electron chi connectivity index (χ4n) is 2.64. The number of rotatable bonds is 7. The van der Waals surface area contributed by atoms with E-state index in [1.807, 2.05) is 0 Å². The minimum Gasteiger partial charge on any atom is -0.356 e. The van der Waals surface area contributed by atoms with Crippen molar-refractivity contribution in [2.45, 2.75) is 39.5 Å². The fourth-order valence-corrected chi connectivity index (χ4v) is 2.64. The standard InChI is InChI=1S/C15H31N3O/c1-15(2,13-8-7-9-16-12-13)14(19)17-10-5-6-11-18(3)4/h13,16H,5-12H2,1-4H3,(H,17,19). The van der Waals surface area contributed by atoms with E-state index >= 15 is 0 Å². The summed E-state index contributed by atoms with van der Waals surface area (Å²) >= 11 is 0. The zero-order chi connectivity index (χ0) is 14.3. The van der Waals surface area contributed by atoms with E-state index in [2.05, 4.69) is 43.5 Å². The van der Waals surface area contributed by atoms with E-state index in [-0.39, 0.29) is 11.3 Å². The van der Waals surface area contributed by atoms with Gasteiger partial charge in [0, 0.05) is 12.0 Å². The van der Waals surface area contributed by atoms with Gasteiger partial charge in [-0.1, -0.05) is 13.8 Å². The molecule has 1 atom stereocenters. The van der Waals surface area contributed by atoms with Crippen molar-refractivity contribution in [3.8, 4) is 0 Å². The topological polar surface area (TPSA) is 44.4 Å². The SMILES string of the molecule is CN(C)CCCCNC(=O)C(C)(C)C1CCCNC1. The summed E-state index contributed by atoms with van der Waals surface area (Å²) in [4.78, 5) is 14.5. The highest BCUT2D eigenvalue weighted by Gasteiger charge is 2.36. The summed E-state index contributed by atoms with van der Waals surface area (Å²) in [6, 6.07) is 0. The van der Waals surface area contributed by atoms with Crippen LogP contribution < -0.4 is 10.6 Å². The number of hydrogen-bond donors (Lipinski definition) is 2. The molecule has 1 unspecified atom stereocenters. The van der Waals surface area contributed by atoms with Crippen LogP contribution in [-0.2, 0) is 4.79 Å². The largest absolute Gasteiger partial charge is 0.356 e. The summed E-state index contributed by atoms with van der Waals surface area (Å²) in [7, 11) is 4.16. The van der Waals surface area contributed by atoms with Gasteiger partial charge in [-0.25, -0.2) is 0 Å². The number of nitrogens with one attached hydrogen (secondary N) is 2. The van der Waals surface area contributed by atoms with Gasteiger partial charge in [-0.15, -0.1) is 0 Å². The minimum atomic E-state index is -0.255. The molecule has 0 radical (unpaired) electrons. The molecule has 0 bridgehead atoms. The zero-order valence-electron chi connectivity index (χ0n) is 13.1. The van der Waals surface area contributed by atoms with Crippen molar-refractivity contribution in [2.24, 2.45) is 11.3 Å². The van der Waals surface area contributed by atoms with Gasteiger partial charge in [0.1, 0.15) is 0 Å². The second-order valence-corrected chi connectivity index (χ2v) is 6.53. The number of carbonyl (C=O) groups is 1. The first-order valence-electron chi connectivity index (χ1n) is 7.58. The molecule has 0 aromatic heterocycles. The molecule has 1 amide bonds. The van der Waals surface area contributed by atoms with Crippen LogP contribution in [-0.4, -0.2) is 51.1 Å². The molecule has 0 spiro atoms. The lowest BCUT2D eigenvalue weighted by atomic mass is 9.74. The first kappa shape index (κ1) is 16.4. The molecule has 4 nitrogen and oxygen atoms in total. The van der Waals surface area contributed by atoms with Crippen LogP contribution in [0.1, 0.15) is 39.5 Å². The smallest absolute Gasteiger partial charge is 0.225 e. The Morgan fingerprint density at radius 2 is 2.11 bits per heavy atom. The quantitative estimate of drug-likeness (QED) is 0.688. The molecule has 1 saturated heterocycles. The molecule has 1 rings (SSSR count). The van der Waals surface area contributed by atoms with Crippen molar-refractivity contribution in [3.05, 3.63) is 0 Å². The molecule has 0 saturated carbocycles. The monoisotopic (exact) mass is 269 g/mol. The summed E-state index contributed by atoms with van der Waals surface area (Å²) < 4.78 is 0. The molecule has 1 aliphatic heterocycles. The van der Waals surface area contributed by atoms with E-state index in [0.29, 0.717) is 5.92 Å². The highest BCUT2D eigenvalue weighted by Crippen LogP contribution is 2.31. The van der Waals surface area contributed by atoms with E-state index in [0.717, 1.165) is 45.4 Å². The Morgan fingerprint density at radius 1 is 1.37 bits per heavy atom. The maximum atomic E-state index is 12.3. The van der Waals surface area contributed by atoms with Crippen LogP contribution in [0.5, 0.6) is 0 Å². The highest BCUT2D eigenvalue weighted by atomic mass is 16.2. The number of hydrogen-bond acceptors (Lipinski definition) is 3. The number of carbonyl (C=O) groups excluding carboxylic acids is 1. The average Bonchev–Trinajstić information content (AvgIpc) is 2.38. The summed E-state index contributed by atoms with van der Waals surface area (Å²) in [6.45, 7) is 8.13. The first-order chi connectivity index (χ1) is 8.94. The van der Waals surface area contributed by atoms with Gasteiger partial charge in [0.2, 0.25) is 5.91 Å². The van der Waals surface area contributed by atoms with Crippen molar-refractivity contribution in [1.29, 1.82) is 0 Å². The Balaban J connectivity index is 2.26. The summed E-state index contributed by atoms with van der Waals surface area (Å²) in [5.41, 5.74) is -0.255. The maximum absolute atomic E-state index is 12.3. The molecule has 2 N–H and O–H groups in total. The molecule has 1 heterocycles. The van der Waals surface area contributed by atoms with Crippen molar-refractivity contribution in [1.82, 2.24) is 15.5 Å². The van der Waals surface area contributed by atoms with Gasteiger partial charge in [-0.2, -0.15) is 0 Å². The maximum Gasteiger partial charge on any atom is 0.225 e. The van der Waals surface area contributed by atoms with Crippen molar-refractivity contribution >= 4 is 5.91 Å². The Hall–Kier alpha value is -0.610. The summed E-state index contributed by atoms with van der Waals surface area (Å²) in [6.07, 6.45) is 4.54. The molecule has 0 aromatic carbocycles. The van der Waals surface area contributed by atoms with Crippen LogP contribution in [0.3, 0.4) is 0 Å². The van der Waals surface area contributed by atoms with Gasteiger partial charge >= 0.3 is 0 Å². The van der Waals surface area contributed by atoms with E-state index in [1.54, 1.807) is 0 Å². The molecular formula is C15H31N3O. The van der Waals surface area contributed by atoms with E-state index in [9.17, 15) is 4.79 Å². The molecule has 0 aromatic rings. The second-order valence-electron chi connectivity index (χ2n) is 6.53. The van der Waals surface area contributed by atoms with Crippen molar-refractivity contribution in [2.75, 3.05) is 40.3 Å². The Kier molecular flexibility index (Phi) is 6.80. The van der Waals surface area contributed by atoms with Gasteiger partial charge in [-0.05, 0) is 65.3 Å². The van der Waals surface area contributed by atoms with Crippen LogP contribution in [0.4, 0.5) is 0 Å². The predicted octanol–water partition coefficient (Wildman–Crippen LogP) is 1.47. The van der Waals surface area contributed by atoms with Gasteiger partial charge in [-0.3, -0.25) is 4.79 Å². The van der Waals surface area contributed by atoms with E-state index in [4.69, 9.17) is 0 Å². The zero-order valence-corrected chi connectivity index (χ0v) is 13.1. The molecule has 19 heavy (non-hydrogen) atoms. The van der Waals surface area contributed by atoms with E-state index < -0.39 is 0 Å². The third-order valence-corrected chi connectivity index (χ3v) is 4.22. The lowest BCUT2D eigenvalue weighted by Gasteiger charge is -2.36. The lowest BCUT2D eigenvalue weighted by Crippen LogP contribution is -2.47. The fraction of sp³-hybridized carbons (Fsp3) is 0.933. The Morgan fingerprint density at radius 3 is 2.68 bits per heavy atom. The Labute approximate surface area is 118 Å². The van der Waals surface area contributed by atoms with Crippen LogP contribution in [0.25, 0.3) is 0 Å². The average molecular weight is 269 g/mol. The second kappa shape index (κ2) is 7.85. The minimum absolute atomic E-state index is 0.214. The number of amides is 1. The lowest BCUT2D eigenvalue weighted by molar-refractivity contribution is -0.132. The van der Waals surface area contributed by atoms with Crippen molar-refractivity contribution in [3.63, 3.8) is 0 Å². The normalized spacial score (nSPS) is 20.6. The first-order valence-corrected chi connectivity index (χ1v) is 7.58. The molecule has 4 heteroatoms. The molecule has 1 fully saturated rings. The van der Waals surface area contributed by atoms with Gasteiger partial charge in [0.05, 0.1) is 0 Å². The van der Waals surface area contributed by atoms with Gasteiger partial charge in [0.25, 0.3) is 0 Å². The van der Waals surface area contributed by atoms with Crippen LogP contribution in [0.2, 0.25) is 0 Å². The predicted molar refractivity (Wildman–Crippen MR) is 80.2 cm³/mol. The molecule has 1 aliphatic rings. The number of piperidine rings is 1.